The van der Waals surface area contributed by atoms with Crippen LogP contribution < -0.4 is 5.32 Å². The Balaban J connectivity index is 1.94. The number of hydrogen-bond acceptors (Lipinski definition) is 4. The highest BCUT2D eigenvalue weighted by Crippen LogP contribution is 2.18. The predicted octanol–water partition coefficient (Wildman–Crippen LogP) is 3.10. The molecule has 2 rings (SSSR count). The van der Waals surface area contributed by atoms with Crippen molar-refractivity contribution in [2.75, 3.05) is 32.0 Å². The zero-order chi connectivity index (χ0) is 20.7. The van der Waals surface area contributed by atoms with Gasteiger partial charge in [0.05, 0.1) is 11.4 Å². The standard InChI is InChI=1S/C21H29N3O3S/c1-5-24(6-2)28(26,27)20-13-11-19(12-14-20)22-21(25)16-23(4)15-18-9-7-17(3)8-10-18/h7-14H,5-6,15-16H2,1-4H3,(H,22,25). The van der Waals surface area contributed by atoms with Gasteiger partial charge in [0.15, 0.2) is 0 Å². The number of nitrogens with zero attached hydrogens (tertiary/aromatic N) is 2. The molecule has 0 unspecified atom stereocenters. The molecule has 0 spiro atoms. The highest BCUT2D eigenvalue weighted by molar-refractivity contribution is 7.89. The quantitative estimate of drug-likeness (QED) is 0.699. The van der Waals surface area contributed by atoms with Gasteiger partial charge in [0.2, 0.25) is 15.9 Å². The van der Waals surface area contributed by atoms with Crippen LogP contribution in [0.1, 0.15) is 25.0 Å². The Morgan fingerprint density at radius 2 is 1.54 bits per heavy atom. The van der Waals surface area contributed by atoms with E-state index in [0.29, 0.717) is 25.3 Å². The Labute approximate surface area is 168 Å². The van der Waals surface area contributed by atoms with E-state index in [9.17, 15) is 13.2 Å². The number of anilines is 1. The molecule has 2 aromatic carbocycles. The average molecular weight is 404 g/mol. The molecule has 0 heterocycles. The van der Waals surface area contributed by atoms with Gasteiger partial charge >= 0.3 is 0 Å². The Morgan fingerprint density at radius 3 is 2.07 bits per heavy atom. The maximum atomic E-state index is 12.5. The van der Waals surface area contributed by atoms with E-state index in [1.807, 2.05) is 32.7 Å². The topological polar surface area (TPSA) is 69.7 Å². The van der Waals surface area contributed by atoms with Crippen LogP contribution in [0.5, 0.6) is 0 Å². The van der Waals surface area contributed by atoms with Gasteiger partial charge in [-0.05, 0) is 43.8 Å². The van der Waals surface area contributed by atoms with E-state index in [4.69, 9.17) is 0 Å². The van der Waals surface area contributed by atoms with Crippen LogP contribution >= 0.6 is 0 Å². The molecule has 152 valence electrons. The monoisotopic (exact) mass is 403 g/mol. The van der Waals surface area contributed by atoms with Crippen molar-refractivity contribution in [2.24, 2.45) is 0 Å². The fourth-order valence-electron chi connectivity index (χ4n) is 2.93. The summed E-state index contributed by atoms with van der Waals surface area (Å²) in [7, 11) is -1.60. The minimum atomic E-state index is -3.49. The van der Waals surface area contributed by atoms with Gasteiger partial charge in [-0.3, -0.25) is 9.69 Å². The number of rotatable bonds is 9. The molecule has 1 N–H and O–H groups in total. The van der Waals surface area contributed by atoms with Crippen molar-refractivity contribution in [3.05, 3.63) is 59.7 Å². The number of aryl methyl sites for hydroxylation is 1. The van der Waals surface area contributed by atoms with Crippen molar-refractivity contribution < 1.29 is 13.2 Å². The second-order valence-corrected chi connectivity index (χ2v) is 8.76. The summed E-state index contributed by atoms with van der Waals surface area (Å²) in [6, 6.07) is 14.5. The molecular formula is C21H29N3O3S. The normalized spacial score (nSPS) is 11.8. The molecule has 0 aliphatic carbocycles. The second-order valence-electron chi connectivity index (χ2n) is 6.82. The molecule has 1 amide bonds. The van der Waals surface area contributed by atoms with Gasteiger partial charge in [0.25, 0.3) is 0 Å². The van der Waals surface area contributed by atoms with Gasteiger partial charge in [-0.15, -0.1) is 0 Å². The third-order valence-electron chi connectivity index (χ3n) is 4.47. The molecule has 0 aliphatic rings. The van der Waals surface area contributed by atoms with Crippen LogP contribution in [0.2, 0.25) is 0 Å². The summed E-state index contributed by atoms with van der Waals surface area (Å²) in [6.45, 7) is 7.42. The first-order chi connectivity index (χ1) is 13.3. The van der Waals surface area contributed by atoms with Gasteiger partial charge in [0, 0.05) is 25.3 Å². The molecule has 2 aromatic rings. The molecule has 7 heteroatoms. The number of nitrogens with one attached hydrogen (secondary N) is 1. The number of likely N-dealkylation sites (N-methyl/N-ethyl adjacent to an activating group) is 1. The predicted molar refractivity (Wildman–Crippen MR) is 113 cm³/mol. The fourth-order valence-corrected chi connectivity index (χ4v) is 4.39. The smallest absolute Gasteiger partial charge is 0.243 e. The molecule has 0 atom stereocenters. The summed E-state index contributed by atoms with van der Waals surface area (Å²) < 4.78 is 26.4. The van der Waals surface area contributed by atoms with Gasteiger partial charge in [0.1, 0.15) is 0 Å². The van der Waals surface area contributed by atoms with Crippen LogP contribution in [-0.4, -0.2) is 50.2 Å². The van der Waals surface area contributed by atoms with Crippen LogP contribution in [0.25, 0.3) is 0 Å². The Kier molecular flexibility index (Phi) is 7.74. The van der Waals surface area contributed by atoms with Crippen molar-refractivity contribution in [3.8, 4) is 0 Å². The van der Waals surface area contributed by atoms with Gasteiger partial charge in [-0.2, -0.15) is 4.31 Å². The van der Waals surface area contributed by atoms with E-state index in [2.05, 4.69) is 29.6 Å². The van der Waals surface area contributed by atoms with Gasteiger partial charge < -0.3 is 5.32 Å². The molecule has 6 nitrogen and oxygen atoms in total. The first-order valence-corrected chi connectivity index (χ1v) is 10.8. The van der Waals surface area contributed by atoms with Crippen molar-refractivity contribution in [1.29, 1.82) is 0 Å². The van der Waals surface area contributed by atoms with Gasteiger partial charge in [-0.1, -0.05) is 43.7 Å². The van der Waals surface area contributed by atoms with Crippen molar-refractivity contribution in [2.45, 2.75) is 32.2 Å². The van der Waals surface area contributed by atoms with Crippen molar-refractivity contribution in [1.82, 2.24) is 9.21 Å². The summed E-state index contributed by atoms with van der Waals surface area (Å²) in [5, 5.41) is 2.81. The highest BCUT2D eigenvalue weighted by atomic mass is 32.2. The second kappa shape index (κ2) is 9.82. The lowest BCUT2D eigenvalue weighted by molar-refractivity contribution is -0.117. The third-order valence-corrected chi connectivity index (χ3v) is 6.53. The number of amides is 1. The summed E-state index contributed by atoms with van der Waals surface area (Å²) >= 11 is 0. The molecule has 0 fully saturated rings. The summed E-state index contributed by atoms with van der Waals surface area (Å²) in [6.07, 6.45) is 0. The number of benzene rings is 2. The first kappa shape index (κ1) is 22.1. The minimum Gasteiger partial charge on any atom is -0.325 e. The van der Waals surface area contributed by atoms with Gasteiger partial charge in [-0.25, -0.2) is 8.42 Å². The van der Waals surface area contributed by atoms with E-state index in [0.717, 1.165) is 5.56 Å². The van der Waals surface area contributed by atoms with E-state index in [-0.39, 0.29) is 17.3 Å². The molecule has 0 aliphatic heterocycles. The van der Waals surface area contributed by atoms with E-state index < -0.39 is 10.0 Å². The van der Waals surface area contributed by atoms with E-state index in [1.54, 1.807) is 12.1 Å². The Hall–Kier alpha value is -2.22. The first-order valence-electron chi connectivity index (χ1n) is 9.40. The Bertz CT molecular complexity index is 874. The van der Waals surface area contributed by atoms with Crippen LogP contribution in [0, 0.1) is 6.92 Å². The minimum absolute atomic E-state index is 0.144. The zero-order valence-corrected chi connectivity index (χ0v) is 17.8. The maximum absolute atomic E-state index is 12.5. The third kappa shape index (κ3) is 5.89. The molecular weight excluding hydrogens is 374 g/mol. The van der Waals surface area contributed by atoms with Crippen LogP contribution in [0.15, 0.2) is 53.4 Å². The molecule has 0 saturated carbocycles. The molecule has 28 heavy (non-hydrogen) atoms. The van der Waals surface area contributed by atoms with E-state index >= 15 is 0 Å². The highest BCUT2D eigenvalue weighted by Gasteiger charge is 2.21. The maximum Gasteiger partial charge on any atom is 0.243 e. The van der Waals surface area contributed by atoms with Crippen molar-refractivity contribution >= 4 is 21.6 Å². The molecule has 0 aromatic heterocycles. The molecule has 0 bridgehead atoms. The zero-order valence-electron chi connectivity index (χ0n) is 17.0. The summed E-state index contributed by atoms with van der Waals surface area (Å²) in [4.78, 5) is 14.4. The number of hydrogen-bond donors (Lipinski definition) is 1. The molecule has 0 saturated heterocycles. The SMILES string of the molecule is CCN(CC)S(=O)(=O)c1ccc(NC(=O)CN(C)Cc2ccc(C)cc2)cc1. The lowest BCUT2D eigenvalue weighted by Crippen LogP contribution is -2.31. The van der Waals surface area contributed by atoms with E-state index in [1.165, 1.54) is 22.0 Å². The largest absolute Gasteiger partial charge is 0.325 e. The molecule has 0 radical (unpaired) electrons. The average Bonchev–Trinajstić information content (AvgIpc) is 2.64. The number of carbonyl (C=O) groups is 1. The van der Waals surface area contributed by atoms with Crippen LogP contribution in [0.3, 0.4) is 0 Å². The lowest BCUT2D eigenvalue weighted by atomic mass is 10.1. The van der Waals surface area contributed by atoms with Crippen LogP contribution in [0.4, 0.5) is 5.69 Å². The fraction of sp³-hybridized carbons (Fsp3) is 0.381. The number of sulfonamides is 1. The van der Waals surface area contributed by atoms with Crippen molar-refractivity contribution in [3.63, 3.8) is 0 Å². The Morgan fingerprint density at radius 1 is 0.964 bits per heavy atom. The summed E-state index contributed by atoms with van der Waals surface area (Å²) in [5.74, 6) is -0.144. The van der Waals surface area contributed by atoms with Crippen LogP contribution in [-0.2, 0) is 21.4 Å². The lowest BCUT2D eigenvalue weighted by Gasteiger charge is -2.19. The number of carbonyl (C=O) groups excluding carboxylic acids is 1. The summed E-state index contributed by atoms with van der Waals surface area (Å²) in [5.41, 5.74) is 2.93.